The summed E-state index contributed by atoms with van der Waals surface area (Å²) in [5.74, 6) is -0.856. The number of hydrogen-bond acceptors (Lipinski definition) is 6. The van der Waals surface area contributed by atoms with E-state index in [9.17, 15) is 15.3 Å². The molecule has 0 aliphatic carbocycles. The lowest BCUT2D eigenvalue weighted by atomic mass is 10.2. The van der Waals surface area contributed by atoms with E-state index in [2.05, 4.69) is 10.2 Å². The van der Waals surface area contributed by atoms with E-state index in [4.69, 9.17) is 0 Å². The number of aromatic nitrogens is 3. The Hall–Kier alpha value is -3.19. The number of phenolic OH excluding ortho intramolecular Hbond substituents is 3. The van der Waals surface area contributed by atoms with Crippen LogP contribution >= 0.6 is 11.8 Å². The average Bonchev–Trinajstić information content (AvgIpc) is 2.97. The molecule has 4 aromatic rings. The molecule has 0 saturated heterocycles. The average molecular weight is 351 g/mol. The SMILES string of the molecule is Oc1cc(O)c(-n2nc3ccc(Sc4ccccc4)cc3n2)c(O)c1. The third kappa shape index (κ3) is 2.97. The van der Waals surface area contributed by atoms with Crippen LogP contribution in [0.3, 0.4) is 0 Å². The van der Waals surface area contributed by atoms with E-state index in [0.717, 1.165) is 26.7 Å². The first kappa shape index (κ1) is 15.3. The molecule has 0 fully saturated rings. The normalized spacial score (nSPS) is 11.0. The molecule has 0 bridgehead atoms. The monoisotopic (exact) mass is 351 g/mol. The van der Waals surface area contributed by atoms with Gasteiger partial charge in [0.15, 0.2) is 17.2 Å². The molecule has 0 atom stereocenters. The first-order valence-corrected chi connectivity index (χ1v) is 8.27. The first-order valence-electron chi connectivity index (χ1n) is 7.45. The maximum Gasteiger partial charge on any atom is 0.169 e. The van der Waals surface area contributed by atoms with Gasteiger partial charge in [0.1, 0.15) is 16.8 Å². The molecule has 0 unspecified atom stereocenters. The molecule has 25 heavy (non-hydrogen) atoms. The standard InChI is InChI=1S/C18H13N3O3S/c22-11-8-16(23)18(17(24)9-11)21-19-14-7-6-13(10-15(14)20-21)25-12-4-2-1-3-5-12/h1-10,22-24H. The lowest BCUT2D eigenvalue weighted by Gasteiger charge is -2.05. The second-order valence-electron chi connectivity index (χ2n) is 5.39. The van der Waals surface area contributed by atoms with Crippen molar-refractivity contribution in [3.05, 3.63) is 60.7 Å². The zero-order chi connectivity index (χ0) is 17.4. The van der Waals surface area contributed by atoms with Crippen LogP contribution < -0.4 is 0 Å². The van der Waals surface area contributed by atoms with E-state index >= 15 is 0 Å². The van der Waals surface area contributed by atoms with Crippen molar-refractivity contribution in [2.45, 2.75) is 9.79 Å². The van der Waals surface area contributed by atoms with Crippen molar-refractivity contribution >= 4 is 22.8 Å². The van der Waals surface area contributed by atoms with Gasteiger partial charge in [0.05, 0.1) is 0 Å². The summed E-state index contributed by atoms with van der Waals surface area (Å²) in [7, 11) is 0. The van der Waals surface area contributed by atoms with Crippen LogP contribution in [0.4, 0.5) is 0 Å². The van der Waals surface area contributed by atoms with Crippen molar-refractivity contribution in [2.75, 3.05) is 0 Å². The van der Waals surface area contributed by atoms with Gasteiger partial charge in [-0.15, -0.1) is 15.0 Å². The molecule has 7 heteroatoms. The van der Waals surface area contributed by atoms with Crippen molar-refractivity contribution in [3.8, 4) is 22.9 Å². The molecule has 1 aromatic heterocycles. The second kappa shape index (κ2) is 6.03. The van der Waals surface area contributed by atoms with Gasteiger partial charge in [-0.25, -0.2) is 0 Å². The molecule has 0 aliphatic heterocycles. The fourth-order valence-corrected chi connectivity index (χ4v) is 3.35. The van der Waals surface area contributed by atoms with Gasteiger partial charge in [-0.3, -0.25) is 0 Å². The Morgan fingerprint density at radius 1 is 0.720 bits per heavy atom. The van der Waals surface area contributed by atoms with E-state index < -0.39 is 0 Å². The first-order chi connectivity index (χ1) is 12.1. The van der Waals surface area contributed by atoms with Crippen LogP contribution in [0.2, 0.25) is 0 Å². The quantitative estimate of drug-likeness (QED) is 0.521. The Kier molecular flexibility index (Phi) is 3.70. The molecule has 0 radical (unpaired) electrons. The highest BCUT2D eigenvalue weighted by molar-refractivity contribution is 7.99. The summed E-state index contributed by atoms with van der Waals surface area (Å²) in [6.45, 7) is 0. The summed E-state index contributed by atoms with van der Waals surface area (Å²) in [5, 5.41) is 38.0. The molecule has 6 nitrogen and oxygen atoms in total. The molecular formula is C18H13N3O3S. The van der Waals surface area contributed by atoms with Crippen LogP contribution in [-0.4, -0.2) is 30.3 Å². The summed E-state index contributed by atoms with van der Waals surface area (Å²) in [5.41, 5.74) is 1.28. The van der Waals surface area contributed by atoms with Crippen LogP contribution in [0.15, 0.2) is 70.5 Å². The molecule has 0 spiro atoms. The molecule has 1 heterocycles. The number of phenols is 3. The molecular weight excluding hydrogens is 338 g/mol. The highest BCUT2D eigenvalue weighted by Gasteiger charge is 2.15. The maximum absolute atomic E-state index is 9.98. The van der Waals surface area contributed by atoms with Crippen molar-refractivity contribution < 1.29 is 15.3 Å². The number of hydrogen-bond donors (Lipinski definition) is 3. The van der Waals surface area contributed by atoms with E-state index in [1.54, 1.807) is 11.8 Å². The number of benzene rings is 3. The van der Waals surface area contributed by atoms with E-state index in [1.807, 2.05) is 48.5 Å². The van der Waals surface area contributed by atoms with Crippen molar-refractivity contribution in [1.29, 1.82) is 0 Å². The van der Waals surface area contributed by atoms with Gasteiger partial charge >= 0.3 is 0 Å². The molecule has 3 N–H and O–H groups in total. The van der Waals surface area contributed by atoms with Gasteiger partial charge in [0, 0.05) is 21.9 Å². The van der Waals surface area contributed by atoms with Crippen LogP contribution in [-0.2, 0) is 0 Å². The van der Waals surface area contributed by atoms with Crippen molar-refractivity contribution in [2.24, 2.45) is 0 Å². The molecule has 0 saturated carbocycles. The number of nitrogens with zero attached hydrogens (tertiary/aromatic N) is 3. The molecule has 0 aliphatic rings. The zero-order valence-electron chi connectivity index (χ0n) is 12.9. The minimum absolute atomic E-state index is 0.0197. The number of aromatic hydroxyl groups is 3. The maximum atomic E-state index is 9.98. The lowest BCUT2D eigenvalue weighted by Crippen LogP contribution is -1.99. The van der Waals surface area contributed by atoms with Crippen LogP contribution in [0.1, 0.15) is 0 Å². The van der Waals surface area contributed by atoms with Gasteiger partial charge in [-0.2, -0.15) is 0 Å². The summed E-state index contributed by atoms with van der Waals surface area (Å²) in [4.78, 5) is 3.28. The minimum atomic E-state index is -0.309. The Labute approximate surface area is 147 Å². The van der Waals surface area contributed by atoms with E-state index in [1.165, 1.54) is 0 Å². The Balaban J connectivity index is 1.74. The van der Waals surface area contributed by atoms with Gasteiger partial charge in [-0.1, -0.05) is 30.0 Å². The molecule has 4 rings (SSSR count). The predicted molar refractivity (Wildman–Crippen MR) is 94.4 cm³/mol. The number of fused-ring (bicyclic) bond motifs is 1. The fraction of sp³-hybridized carbons (Fsp3) is 0. The second-order valence-corrected chi connectivity index (χ2v) is 6.53. The molecule has 3 aromatic carbocycles. The highest BCUT2D eigenvalue weighted by atomic mass is 32.2. The lowest BCUT2D eigenvalue weighted by molar-refractivity contribution is 0.420. The van der Waals surface area contributed by atoms with Crippen LogP contribution in [0.5, 0.6) is 17.2 Å². The van der Waals surface area contributed by atoms with Gasteiger partial charge in [0.2, 0.25) is 0 Å². The van der Waals surface area contributed by atoms with Crippen molar-refractivity contribution in [1.82, 2.24) is 15.0 Å². The zero-order valence-corrected chi connectivity index (χ0v) is 13.7. The Morgan fingerprint density at radius 2 is 1.40 bits per heavy atom. The van der Waals surface area contributed by atoms with Crippen molar-refractivity contribution in [3.63, 3.8) is 0 Å². The third-order valence-corrected chi connectivity index (χ3v) is 4.58. The highest BCUT2D eigenvalue weighted by Crippen LogP contribution is 2.35. The third-order valence-electron chi connectivity index (χ3n) is 3.59. The van der Waals surface area contributed by atoms with Gasteiger partial charge in [-0.05, 0) is 30.3 Å². The predicted octanol–water partition coefficient (Wildman–Crippen LogP) is 3.69. The largest absolute Gasteiger partial charge is 0.508 e. The van der Waals surface area contributed by atoms with Crippen LogP contribution in [0.25, 0.3) is 16.7 Å². The van der Waals surface area contributed by atoms with E-state index in [-0.39, 0.29) is 22.9 Å². The van der Waals surface area contributed by atoms with Crippen LogP contribution in [0, 0.1) is 0 Å². The Bertz CT molecular complexity index is 1040. The smallest absolute Gasteiger partial charge is 0.169 e. The Morgan fingerprint density at radius 3 is 2.12 bits per heavy atom. The fourth-order valence-electron chi connectivity index (χ4n) is 2.48. The molecule has 0 amide bonds. The minimum Gasteiger partial charge on any atom is -0.508 e. The summed E-state index contributed by atoms with van der Waals surface area (Å²) in [6.07, 6.45) is 0. The topological polar surface area (TPSA) is 91.4 Å². The number of rotatable bonds is 3. The summed E-state index contributed by atoms with van der Waals surface area (Å²) >= 11 is 1.61. The van der Waals surface area contributed by atoms with Gasteiger partial charge < -0.3 is 15.3 Å². The van der Waals surface area contributed by atoms with E-state index in [0.29, 0.717) is 11.0 Å². The van der Waals surface area contributed by atoms with Gasteiger partial charge in [0.25, 0.3) is 0 Å². The molecule has 124 valence electrons. The summed E-state index contributed by atoms with van der Waals surface area (Å²) < 4.78 is 0. The summed E-state index contributed by atoms with van der Waals surface area (Å²) in [6, 6.07) is 17.9.